The van der Waals surface area contributed by atoms with Gasteiger partial charge in [-0.25, -0.2) is 4.18 Å². The van der Waals surface area contributed by atoms with Gasteiger partial charge >= 0.3 is 10.4 Å². The number of hydrogen-bond acceptors (Lipinski definition) is 31. The zero-order valence-electron chi connectivity index (χ0n) is 45.8. The highest BCUT2D eigenvalue weighted by Crippen LogP contribution is 2.38. The van der Waals surface area contributed by atoms with Crippen molar-refractivity contribution in [1.82, 2.24) is 20.9 Å². The van der Waals surface area contributed by atoms with E-state index in [0.29, 0.717) is 0 Å². The van der Waals surface area contributed by atoms with Crippen LogP contribution in [-0.4, -0.2) is 326 Å². The smallest absolute Gasteiger partial charge is 0.394 e. The van der Waals surface area contributed by atoms with E-state index in [0.717, 1.165) is 32.6 Å². The third-order valence-corrected chi connectivity index (χ3v) is 15.5. The van der Waals surface area contributed by atoms with Gasteiger partial charge in [-0.05, 0) is 6.92 Å². The summed E-state index contributed by atoms with van der Waals surface area (Å²) in [6, 6.07) is -6.82. The largest absolute Gasteiger partial charge is 0.397 e. The van der Waals surface area contributed by atoms with Crippen molar-refractivity contribution in [2.24, 2.45) is 5.92 Å². The van der Waals surface area contributed by atoms with Crippen LogP contribution in [0, 0.1) is 5.92 Å². The number of aliphatic hydroxyl groups excluding tert-OH is 13. The predicted octanol–water partition coefficient (Wildman–Crippen LogP) is -11.1. The number of nitrogens with zero attached hydrogens (tertiary/aromatic N) is 1. The van der Waals surface area contributed by atoms with E-state index in [4.69, 9.17) is 52.1 Å². The van der Waals surface area contributed by atoms with Crippen LogP contribution in [0.1, 0.15) is 41.5 Å². The third kappa shape index (κ3) is 16.1. The number of carbonyl (C=O) groups excluding carboxylic acids is 4. The molecule has 0 spiro atoms. The molecule has 6 aliphatic heterocycles. The first-order valence-corrected chi connectivity index (χ1v) is 27.7. The molecule has 0 aliphatic carbocycles. The van der Waals surface area contributed by atoms with Crippen LogP contribution in [0.5, 0.6) is 0 Å². The second-order valence-corrected chi connectivity index (χ2v) is 22.1. The second kappa shape index (κ2) is 29.2. The minimum Gasteiger partial charge on any atom is -0.394 e. The number of nitrogens with one attached hydrogen (secondary N) is 3. The molecule has 30 unspecified atom stereocenters. The highest BCUT2D eigenvalue weighted by molar-refractivity contribution is 7.80. The Morgan fingerprint density at radius 2 is 0.892 bits per heavy atom. The number of amides is 4. The van der Waals surface area contributed by atoms with Crippen LogP contribution in [0.4, 0.5) is 0 Å². The van der Waals surface area contributed by atoms with E-state index in [1.807, 2.05) is 0 Å². The van der Waals surface area contributed by atoms with Crippen LogP contribution < -0.4 is 16.0 Å². The minimum atomic E-state index is -5.38. The molecule has 6 saturated heterocycles. The van der Waals surface area contributed by atoms with Gasteiger partial charge < -0.3 is 139 Å². The fourth-order valence-corrected chi connectivity index (χ4v) is 10.8. The molecule has 6 rings (SSSR count). The third-order valence-electron chi connectivity index (χ3n) is 15.1. The lowest BCUT2D eigenvalue weighted by Crippen LogP contribution is -2.71. The Balaban J connectivity index is 1.26. The normalized spacial score (nSPS) is 45.2. The number of rotatable bonds is 21. The molecular weight excluding hydrogens is 1150 g/mol. The van der Waals surface area contributed by atoms with Crippen LogP contribution in [0.25, 0.3) is 0 Å². The van der Waals surface area contributed by atoms with Gasteiger partial charge in [-0.2, -0.15) is 8.42 Å². The summed E-state index contributed by atoms with van der Waals surface area (Å²) in [7, 11) is -4.12. The van der Waals surface area contributed by atoms with Crippen molar-refractivity contribution in [3.8, 4) is 0 Å². The maximum absolute atomic E-state index is 12.9. The van der Waals surface area contributed by atoms with Crippen LogP contribution in [0.2, 0.25) is 0 Å². The van der Waals surface area contributed by atoms with Crippen molar-refractivity contribution in [2.45, 2.75) is 219 Å². The molecule has 30 atom stereocenters. The summed E-state index contributed by atoms with van der Waals surface area (Å²) in [6.07, 6.45) is -44.5. The van der Waals surface area contributed by atoms with Crippen molar-refractivity contribution in [1.29, 1.82) is 0 Å². The van der Waals surface area contributed by atoms with Crippen molar-refractivity contribution in [3.63, 3.8) is 0 Å². The quantitative estimate of drug-likeness (QED) is 0.0475. The summed E-state index contributed by atoms with van der Waals surface area (Å²) in [5, 5.41) is 150. The highest BCUT2D eigenvalue weighted by Gasteiger charge is 2.58. The van der Waals surface area contributed by atoms with Gasteiger partial charge in [0.15, 0.2) is 37.7 Å². The van der Waals surface area contributed by atoms with E-state index < -0.39 is 251 Å². The number of hydrogen-bond donors (Lipinski definition) is 17. The van der Waals surface area contributed by atoms with Crippen LogP contribution >= 0.6 is 0 Å². The molecule has 36 nitrogen and oxygen atoms in total. The Kier molecular flexibility index (Phi) is 24.2. The van der Waals surface area contributed by atoms with Gasteiger partial charge in [0.05, 0.1) is 45.2 Å². The summed E-state index contributed by atoms with van der Waals surface area (Å²) < 4.78 is 104. The Hall–Kier alpha value is -3.21. The summed E-state index contributed by atoms with van der Waals surface area (Å²) in [4.78, 5) is 51.3. The molecule has 6 heterocycles. The van der Waals surface area contributed by atoms with E-state index in [1.165, 1.54) is 20.9 Å². The molecule has 0 saturated carbocycles. The SMILES string of the molecule is CC(=O)NC1C(O)OC(COC2OC(C)C(O)C(O)C2O)C(OC2OC(COS(=O)(=O)O)C(OC3OC(CO)C(OC4OC(CO)C(OC5OC(CO)C(O)C(O)C5N(C)C(C)=O)C(O)C4C)C(O)C3NC(C)=O)C(O)C2NC(C)=O)C1O. The van der Waals surface area contributed by atoms with Crippen molar-refractivity contribution in [3.05, 3.63) is 0 Å². The average Bonchev–Trinajstić information content (AvgIpc) is 3.62. The van der Waals surface area contributed by atoms with E-state index in [9.17, 15) is 98.5 Å². The zero-order valence-corrected chi connectivity index (χ0v) is 46.6. The van der Waals surface area contributed by atoms with Gasteiger partial charge in [-0.3, -0.25) is 23.7 Å². The van der Waals surface area contributed by atoms with Gasteiger partial charge in [0.25, 0.3) is 0 Å². The lowest BCUT2D eigenvalue weighted by Gasteiger charge is -2.51. The standard InChI is InChI=1S/C46H78N4O32S/c1-13-28(58)37(82-45-27(50(7)18(6)57)34(64)30(60)19(8-51)75-45)20(9-52)76-42(13)79-38-21(10-53)77-43(25(32(38)62)48-16(4)55)81-40-23(12-72-83(68,69)70)78-44(26(33(40)63)49-17(5)56)80-39-22(74-41(67)24(31(39)61)47-15(3)54)11-71-46-36(66)35(65)29(59)14(2)73-46/h13-14,19-46,51-53,58-67H,8-12H2,1-7H3,(H,47,54)(H,48,55)(H,49,56)(H,68,69,70). The summed E-state index contributed by atoms with van der Waals surface area (Å²) in [6.45, 7) is 2.01. The molecular formula is C46H78N4O32S. The van der Waals surface area contributed by atoms with Gasteiger partial charge in [-0.1, -0.05) is 6.92 Å². The topological polar surface area (TPSA) is 536 Å². The molecule has 37 heteroatoms. The molecule has 0 radical (unpaired) electrons. The highest BCUT2D eigenvalue weighted by atomic mass is 32.3. The molecule has 17 N–H and O–H groups in total. The lowest BCUT2D eigenvalue weighted by molar-refractivity contribution is -0.373. The average molecular weight is 1230 g/mol. The number of carbonyl (C=O) groups is 4. The minimum absolute atomic E-state index is 0.608. The number of aliphatic hydroxyl groups is 13. The zero-order chi connectivity index (χ0) is 61.8. The summed E-state index contributed by atoms with van der Waals surface area (Å²) in [5.41, 5.74) is 0. The second-order valence-electron chi connectivity index (χ2n) is 21.0. The van der Waals surface area contributed by atoms with Crippen molar-refractivity contribution in [2.75, 3.05) is 40.1 Å². The van der Waals surface area contributed by atoms with Crippen LogP contribution in [0.15, 0.2) is 0 Å². The predicted molar refractivity (Wildman–Crippen MR) is 262 cm³/mol. The van der Waals surface area contributed by atoms with E-state index >= 15 is 0 Å². The van der Waals surface area contributed by atoms with Gasteiger partial charge in [0.1, 0.15) is 128 Å². The first kappa shape index (κ1) is 68.9. The fourth-order valence-electron chi connectivity index (χ4n) is 10.5. The molecule has 4 amide bonds. The molecule has 83 heavy (non-hydrogen) atoms. The summed E-state index contributed by atoms with van der Waals surface area (Å²) in [5.74, 6) is -4.39. The number of likely N-dealkylation sites (N-methyl/N-ethyl adjacent to an activating group) is 1. The van der Waals surface area contributed by atoms with E-state index in [1.54, 1.807) is 0 Å². The lowest BCUT2D eigenvalue weighted by atomic mass is 9.90. The monoisotopic (exact) mass is 1230 g/mol. The van der Waals surface area contributed by atoms with E-state index in [2.05, 4.69) is 20.1 Å². The fraction of sp³-hybridized carbons (Fsp3) is 0.913. The molecule has 480 valence electrons. The van der Waals surface area contributed by atoms with Crippen LogP contribution in [-0.2, 0) is 85.9 Å². The van der Waals surface area contributed by atoms with Crippen LogP contribution in [0.3, 0.4) is 0 Å². The Labute approximate surface area is 474 Å². The van der Waals surface area contributed by atoms with Gasteiger partial charge in [0, 0.05) is 40.7 Å². The molecule has 0 aromatic heterocycles. The Bertz CT molecular complexity index is 2270. The van der Waals surface area contributed by atoms with Gasteiger partial charge in [-0.15, -0.1) is 0 Å². The molecule has 0 aromatic rings. The Morgan fingerprint density at radius 1 is 0.470 bits per heavy atom. The molecule has 6 fully saturated rings. The van der Waals surface area contributed by atoms with Gasteiger partial charge in [0.2, 0.25) is 23.6 Å². The maximum Gasteiger partial charge on any atom is 0.397 e. The van der Waals surface area contributed by atoms with E-state index in [-0.39, 0.29) is 0 Å². The molecule has 6 aliphatic rings. The molecule has 0 bridgehead atoms. The summed E-state index contributed by atoms with van der Waals surface area (Å²) >= 11 is 0. The number of ether oxygens (including phenoxy) is 11. The van der Waals surface area contributed by atoms with Crippen molar-refractivity contribution >= 4 is 34.0 Å². The van der Waals surface area contributed by atoms with Crippen molar-refractivity contribution < 1.29 is 155 Å². The Morgan fingerprint density at radius 3 is 1.39 bits per heavy atom. The first-order chi connectivity index (χ1) is 38.8. The first-order valence-electron chi connectivity index (χ1n) is 26.3. The molecule has 0 aromatic carbocycles. The maximum atomic E-state index is 12.9.